The number of alkyl halides is 3. The molecule has 1 saturated heterocycles. The minimum atomic E-state index is -4.17. The summed E-state index contributed by atoms with van der Waals surface area (Å²) in [5, 5.41) is 5.46. The molecule has 318 valence electrons. The molecule has 1 aliphatic carbocycles. The van der Waals surface area contributed by atoms with E-state index < -0.39 is 41.8 Å². The molecule has 0 radical (unpaired) electrons. The van der Waals surface area contributed by atoms with Gasteiger partial charge >= 0.3 is 6.18 Å². The number of nitrogens with zero attached hydrogens (tertiary/aromatic N) is 3. The van der Waals surface area contributed by atoms with E-state index in [0.29, 0.717) is 55.0 Å². The molecule has 60 heavy (non-hydrogen) atoms. The van der Waals surface area contributed by atoms with Gasteiger partial charge in [0.05, 0.1) is 50.0 Å². The molecule has 2 aliphatic heterocycles. The van der Waals surface area contributed by atoms with Gasteiger partial charge in [-0.3, -0.25) is 28.9 Å². The standard InChI is InChI=1S/C44H48F3N5O8/c1-27-7-16-37(41(55)50-27)52-42(56)34-15-14-33(24-35(34)43(52)57)60-20-19-59-18-17-51(2)39(53)22-29-5-4-6-30(21-29)25-49-40(54)36-23-31(38(58-3)26-48-36)11-8-28-9-12-32(13-10-28)44(45,46)47/h4-6,8,11,14-15,21,23-24,26,28,32,37H,1,7,9-10,12-13,16-20,22,25H2,2-3H3,(H,49,54)(H,50,55)/b11-8+/t28-,32-,37?. The number of carbonyl (C=O) groups excluding carboxylic acids is 5. The third-order valence-corrected chi connectivity index (χ3v) is 10.9. The van der Waals surface area contributed by atoms with Crippen LogP contribution in [0.4, 0.5) is 13.2 Å². The predicted molar refractivity (Wildman–Crippen MR) is 214 cm³/mol. The van der Waals surface area contributed by atoms with Crippen LogP contribution in [-0.4, -0.2) is 97.1 Å². The zero-order valence-electron chi connectivity index (χ0n) is 33.5. The fraction of sp³-hybridized carbons (Fsp3) is 0.409. The summed E-state index contributed by atoms with van der Waals surface area (Å²) < 4.78 is 56.0. The zero-order chi connectivity index (χ0) is 43.0. The van der Waals surface area contributed by atoms with E-state index in [1.807, 2.05) is 24.3 Å². The highest BCUT2D eigenvalue weighted by Gasteiger charge is 2.44. The molecule has 1 saturated carbocycles. The smallest absolute Gasteiger partial charge is 0.391 e. The topological polar surface area (TPSA) is 156 Å². The van der Waals surface area contributed by atoms with Gasteiger partial charge in [0.1, 0.15) is 29.8 Å². The maximum Gasteiger partial charge on any atom is 0.391 e. The summed E-state index contributed by atoms with van der Waals surface area (Å²) in [6, 6.07) is 12.6. The van der Waals surface area contributed by atoms with E-state index in [0.717, 1.165) is 16.0 Å². The number of nitrogens with one attached hydrogen (secondary N) is 2. The van der Waals surface area contributed by atoms with Crippen LogP contribution in [0.3, 0.4) is 0 Å². The Morgan fingerprint density at radius 1 is 0.983 bits per heavy atom. The van der Waals surface area contributed by atoms with Crippen molar-refractivity contribution in [1.82, 2.24) is 25.4 Å². The molecular formula is C44H48F3N5O8. The van der Waals surface area contributed by atoms with Crippen LogP contribution in [0.5, 0.6) is 11.5 Å². The van der Waals surface area contributed by atoms with Crippen molar-refractivity contribution in [3.05, 3.63) is 107 Å². The number of methoxy groups -OCH3 is 1. The Hall–Kier alpha value is -6.03. The van der Waals surface area contributed by atoms with Crippen molar-refractivity contribution in [3.63, 3.8) is 0 Å². The lowest BCUT2D eigenvalue weighted by Crippen LogP contribution is -2.51. The monoisotopic (exact) mass is 831 g/mol. The molecule has 6 rings (SSSR count). The summed E-state index contributed by atoms with van der Waals surface area (Å²) in [6.07, 6.45) is 2.90. The van der Waals surface area contributed by atoms with Crippen molar-refractivity contribution in [1.29, 1.82) is 0 Å². The van der Waals surface area contributed by atoms with Gasteiger partial charge < -0.3 is 29.7 Å². The van der Waals surface area contributed by atoms with Gasteiger partial charge in [-0.2, -0.15) is 13.2 Å². The van der Waals surface area contributed by atoms with Crippen molar-refractivity contribution in [2.45, 2.75) is 63.7 Å². The number of halogens is 3. The van der Waals surface area contributed by atoms with Crippen molar-refractivity contribution in [3.8, 4) is 11.5 Å². The van der Waals surface area contributed by atoms with Crippen LogP contribution in [-0.2, 0) is 27.3 Å². The number of imide groups is 1. The molecule has 0 spiro atoms. The molecule has 2 fully saturated rings. The normalized spacial score (nSPS) is 19.3. The van der Waals surface area contributed by atoms with Gasteiger partial charge in [0, 0.05) is 31.4 Å². The maximum atomic E-state index is 13.1. The van der Waals surface area contributed by atoms with Crippen LogP contribution in [0.15, 0.2) is 73.1 Å². The highest BCUT2D eigenvalue weighted by Crippen LogP contribution is 2.40. The van der Waals surface area contributed by atoms with E-state index in [1.54, 1.807) is 36.2 Å². The van der Waals surface area contributed by atoms with Gasteiger partial charge in [0.15, 0.2) is 0 Å². The molecule has 16 heteroatoms. The molecule has 3 aliphatic rings. The molecule has 5 amide bonds. The average molecular weight is 832 g/mol. The predicted octanol–water partition coefficient (Wildman–Crippen LogP) is 5.89. The summed E-state index contributed by atoms with van der Waals surface area (Å²) in [4.78, 5) is 71.4. The SMILES string of the molecule is C=C1CCC(N2C(=O)c3ccc(OCCOCCN(C)C(=O)Cc4cccc(CNC(=O)c5cc(/C=C/[C@H]6CC[C@H](C(F)(F)F)CC6)c(OC)cn5)c4)cc3C2=O)C(=O)N1. The van der Waals surface area contributed by atoms with Gasteiger partial charge in [-0.05, 0) is 79.8 Å². The number of ether oxygens (including phenoxy) is 3. The number of rotatable bonds is 16. The molecular weight excluding hydrogens is 784 g/mol. The van der Waals surface area contributed by atoms with E-state index >= 15 is 0 Å². The molecule has 1 aromatic heterocycles. The van der Waals surface area contributed by atoms with E-state index in [1.165, 1.54) is 25.4 Å². The number of amides is 5. The van der Waals surface area contributed by atoms with E-state index in [2.05, 4.69) is 22.2 Å². The molecule has 1 atom stereocenters. The van der Waals surface area contributed by atoms with Crippen molar-refractivity contribution >= 4 is 35.6 Å². The third-order valence-electron chi connectivity index (χ3n) is 10.9. The third kappa shape index (κ3) is 10.8. The average Bonchev–Trinajstić information content (AvgIpc) is 3.47. The Kier molecular flexibility index (Phi) is 14.0. The second-order valence-corrected chi connectivity index (χ2v) is 15.1. The van der Waals surface area contributed by atoms with Gasteiger partial charge in [-0.15, -0.1) is 0 Å². The highest BCUT2D eigenvalue weighted by atomic mass is 19.4. The number of hydrogen-bond donors (Lipinski definition) is 2. The molecule has 3 heterocycles. The quantitative estimate of drug-likeness (QED) is 0.133. The molecule has 3 aromatic rings. The minimum Gasteiger partial charge on any atom is -0.495 e. The summed E-state index contributed by atoms with van der Waals surface area (Å²) in [5.41, 5.74) is 3.23. The first-order chi connectivity index (χ1) is 28.7. The van der Waals surface area contributed by atoms with Gasteiger partial charge in [0.25, 0.3) is 17.7 Å². The lowest BCUT2D eigenvalue weighted by atomic mass is 9.81. The van der Waals surface area contributed by atoms with Crippen LogP contribution in [0.25, 0.3) is 6.08 Å². The van der Waals surface area contributed by atoms with Crippen LogP contribution in [0.2, 0.25) is 0 Å². The number of fused-ring (bicyclic) bond motifs is 1. The Morgan fingerprint density at radius 2 is 1.73 bits per heavy atom. The number of allylic oxidation sites excluding steroid dienone is 2. The Balaban J connectivity index is 0.906. The Morgan fingerprint density at radius 3 is 2.47 bits per heavy atom. The first kappa shape index (κ1) is 43.5. The number of carbonyl (C=O) groups is 5. The first-order valence-electron chi connectivity index (χ1n) is 19.8. The highest BCUT2D eigenvalue weighted by molar-refractivity contribution is 6.23. The van der Waals surface area contributed by atoms with Crippen LogP contribution < -0.4 is 20.1 Å². The van der Waals surface area contributed by atoms with Crippen LogP contribution >= 0.6 is 0 Å². The maximum absolute atomic E-state index is 13.1. The fourth-order valence-corrected chi connectivity index (χ4v) is 7.46. The van der Waals surface area contributed by atoms with E-state index in [9.17, 15) is 37.1 Å². The molecule has 2 N–H and O–H groups in total. The van der Waals surface area contributed by atoms with E-state index in [4.69, 9.17) is 14.2 Å². The van der Waals surface area contributed by atoms with Crippen molar-refractivity contribution < 1.29 is 51.4 Å². The minimum absolute atomic E-state index is 0.000853. The van der Waals surface area contributed by atoms with Crippen molar-refractivity contribution in [2.75, 3.05) is 40.5 Å². The van der Waals surface area contributed by atoms with Crippen molar-refractivity contribution in [2.24, 2.45) is 11.8 Å². The lowest BCUT2D eigenvalue weighted by molar-refractivity contribution is -0.183. The first-order valence-corrected chi connectivity index (χ1v) is 19.8. The summed E-state index contributed by atoms with van der Waals surface area (Å²) in [5.74, 6) is -2.50. The number of aromatic nitrogens is 1. The van der Waals surface area contributed by atoms with Gasteiger partial charge in [-0.25, -0.2) is 4.98 Å². The second kappa shape index (κ2) is 19.4. The summed E-state index contributed by atoms with van der Waals surface area (Å²) in [7, 11) is 3.15. The number of likely N-dealkylation sites (N-methyl/N-ethyl adjacent to an activating group) is 1. The van der Waals surface area contributed by atoms with Gasteiger partial charge in [0.2, 0.25) is 11.8 Å². The van der Waals surface area contributed by atoms with Gasteiger partial charge in [-0.1, -0.05) is 43.0 Å². The second-order valence-electron chi connectivity index (χ2n) is 15.1. The Bertz CT molecular complexity index is 2150. The molecule has 2 aromatic carbocycles. The summed E-state index contributed by atoms with van der Waals surface area (Å²) in [6.45, 7) is 4.86. The molecule has 1 unspecified atom stereocenters. The fourth-order valence-electron chi connectivity index (χ4n) is 7.46. The molecule has 13 nitrogen and oxygen atoms in total. The van der Waals surface area contributed by atoms with Crippen LogP contribution in [0, 0.1) is 11.8 Å². The molecule has 0 bridgehead atoms. The largest absolute Gasteiger partial charge is 0.495 e. The lowest BCUT2D eigenvalue weighted by Gasteiger charge is -2.29. The summed E-state index contributed by atoms with van der Waals surface area (Å²) >= 11 is 0. The van der Waals surface area contributed by atoms with E-state index in [-0.39, 0.29) is 74.3 Å². The number of pyridine rings is 1. The zero-order valence-corrected chi connectivity index (χ0v) is 33.5. The van der Waals surface area contributed by atoms with Crippen LogP contribution in [0.1, 0.15) is 86.4 Å². The Labute approximate surface area is 345 Å². The number of piperidine rings is 1. The number of benzene rings is 2. The number of hydrogen-bond acceptors (Lipinski definition) is 9.